The molecule has 0 atom stereocenters. The van der Waals surface area contributed by atoms with E-state index in [4.69, 9.17) is 11.6 Å². The minimum Gasteiger partial charge on any atom is -0.369 e. The number of anilines is 1. The molecule has 0 unspecified atom stereocenters. The standard InChI is InChI=1S/C22H17ClN2O2/c23-22-17(25-10-4-1-5-11-25)12-13-8-9-16-18(19(13)24-22)21(27)15-7-3-2-6-14(15)20(16)26/h2-3,6-9,12H,1,4-5,10-11H2. The molecule has 0 radical (unpaired) electrons. The van der Waals surface area contributed by atoms with Crippen LogP contribution in [0.25, 0.3) is 10.9 Å². The summed E-state index contributed by atoms with van der Waals surface area (Å²) in [6.07, 6.45) is 3.52. The molecule has 1 saturated heterocycles. The van der Waals surface area contributed by atoms with E-state index in [9.17, 15) is 9.59 Å². The first-order valence-corrected chi connectivity index (χ1v) is 9.59. The normalized spacial score (nSPS) is 16.4. The van der Waals surface area contributed by atoms with Gasteiger partial charge in [-0.3, -0.25) is 9.59 Å². The topological polar surface area (TPSA) is 50.3 Å². The molecule has 0 spiro atoms. The molecule has 134 valence electrons. The van der Waals surface area contributed by atoms with Crippen LogP contribution < -0.4 is 4.90 Å². The lowest BCUT2D eigenvalue weighted by atomic mass is 9.83. The van der Waals surface area contributed by atoms with Gasteiger partial charge in [-0.05, 0) is 31.4 Å². The quantitative estimate of drug-likeness (QED) is 0.453. The zero-order valence-electron chi connectivity index (χ0n) is 14.7. The van der Waals surface area contributed by atoms with Gasteiger partial charge in [-0.2, -0.15) is 0 Å². The van der Waals surface area contributed by atoms with Crippen molar-refractivity contribution >= 4 is 39.8 Å². The Morgan fingerprint density at radius 3 is 2.30 bits per heavy atom. The molecule has 5 rings (SSSR count). The van der Waals surface area contributed by atoms with Crippen molar-refractivity contribution < 1.29 is 9.59 Å². The van der Waals surface area contributed by atoms with Crippen LogP contribution in [0.2, 0.25) is 5.15 Å². The van der Waals surface area contributed by atoms with E-state index >= 15 is 0 Å². The largest absolute Gasteiger partial charge is 0.369 e. The van der Waals surface area contributed by atoms with Gasteiger partial charge < -0.3 is 4.90 Å². The summed E-state index contributed by atoms with van der Waals surface area (Å²) in [7, 11) is 0. The van der Waals surface area contributed by atoms with Crippen LogP contribution in [0.3, 0.4) is 0 Å². The van der Waals surface area contributed by atoms with Crippen LogP contribution in [0.4, 0.5) is 5.69 Å². The molecule has 1 aliphatic heterocycles. The first-order chi connectivity index (χ1) is 13.1. The number of carbonyl (C=O) groups is 2. The maximum absolute atomic E-state index is 13.1. The maximum Gasteiger partial charge on any atom is 0.196 e. The van der Waals surface area contributed by atoms with E-state index in [1.54, 1.807) is 30.3 Å². The van der Waals surface area contributed by atoms with Crippen LogP contribution >= 0.6 is 11.6 Å². The van der Waals surface area contributed by atoms with Gasteiger partial charge in [0.1, 0.15) is 0 Å². The second kappa shape index (κ2) is 6.17. The van der Waals surface area contributed by atoms with E-state index in [-0.39, 0.29) is 11.6 Å². The fourth-order valence-electron chi connectivity index (χ4n) is 4.14. The number of pyridine rings is 1. The van der Waals surface area contributed by atoms with Gasteiger partial charge in [0, 0.05) is 35.2 Å². The number of rotatable bonds is 1. The number of fused-ring (bicyclic) bond motifs is 4. The van der Waals surface area contributed by atoms with Crippen molar-refractivity contribution in [2.75, 3.05) is 18.0 Å². The highest BCUT2D eigenvalue weighted by molar-refractivity contribution is 6.34. The van der Waals surface area contributed by atoms with E-state index in [0.717, 1.165) is 37.0 Å². The Morgan fingerprint density at radius 2 is 1.56 bits per heavy atom. The van der Waals surface area contributed by atoms with Crippen LogP contribution in [0.1, 0.15) is 51.1 Å². The van der Waals surface area contributed by atoms with Crippen molar-refractivity contribution in [2.45, 2.75) is 19.3 Å². The third-order valence-electron chi connectivity index (χ3n) is 5.51. The number of piperidine rings is 1. The molecule has 2 heterocycles. The van der Waals surface area contributed by atoms with Gasteiger partial charge in [-0.1, -0.05) is 41.9 Å². The summed E-state index contributed by atoms with van der Waals surface area (Å²) < 4.78 is 0. The van der Waals surface area contributed by atoms with Gasteiger partial charge in [-0.15, -0.1) is 0 Å². The molecule has 0 saturated carbocycles. The Kier molecular flexibility index (Phi) is 3.76. The highest BCUT2D eigenvalue weighted by atomic mass is 35.5. The zero-order valence-corrected chi connectivity index (χ0v) is 15.4. The monoisotopic (exact) mass is 376 g/mol. The van der Waals surface area contributed by atoms with Gasteiger partial charge in [-0.25, -0.2) is 4.98 Å². The highest BCUT2D eigenvalue weighted by Crippen LogP contribution is 2.36. The van der Waals surface area contributed by atoms with Crippen molar-refractivity contribution in [1.82, 2.24) is 4.98 Å². The molecule has 5 heteroatoms. The molecule has 1 fully saturated rings. The SMILES string of the molecule is O=C1c2ccccc2C(=O)c2c1ccc1cc(N3CCCCC3)c(Cl)nc21. The van der Waals surface area contributed by atoms with E-state index < -0.39 is 0 Å². The molecule has 27 heavy (non-hydrogen) atoms. The van der Waals surface area contributed by atoms with Gasteiger partial charge >= 0.3 is 0 Å². The molecule has 2 aromatic carbocycles. The van der Waals surface area contributed by atoms with E-state index in [1.165, 1.54) is 6.42 Å². The number of nitrogens with zero attached hydrogens (tertiary/aromatic N) is 2. The van der Waals surface area contributed by atoms with Crippen LogP contribution in [-0.2, 0) is 0 Å². The molecule has 0 amide bonds. The third kappa shape index (κ3) is 2.47. The summed E-state index contributed by atoms with van der Waals surface area (Å²) in [6, 6.07) is 12.5. The number of benzene rings is 2. The summed E-state index contributed by atoms with van der Waals surface area (Å²) in [5.74, 6) is -0.305. The number of halogens is 1. The maximum atomic E-state index is 13.1. The van der Waals surface area contributed by atoms with Gasteiger partial charge in [0.2, 0.25) is 0 Å². The Balaban J connectivity index is 1.71. The van der Waals surface area contributed by atoms with E-state index in [0.29, 0.717) is 32.9 Å². The molecule has 0 bridgehead atoms. The summed E-state index contributed by atoms with van der Waals surface area (Å²) in [6.45, 7) is 1.92. The predicted octanol–water partition coefficient (Wildman–Crippen LogP) is 4.65. The summed E-state index contributed by atoms with van der Waals surface area (Å²) in [4.78, 5) is 32.8. The lowest BCUT2D eigenvalue weighted by molar-refractivity contribution is 0.0980. The van der Waals surface area contributed by atoms with Crippen molar-refractivity contribution in [3.63, 3.8) is 0 Å². The van der Waals surface area contributed by atoms with Crippen molar-refractivity contribution in [1.29, 1.82) is 0 Å². The minimum atomic E-state index is -0.167. The summed E-state index contributed by atoms with van der Waals surface area (Å²) in [5, 5.41) is 1.22. The second-order valence-corrected chi connectivity index (χ2v) is 7.47. The average molecular weight is 377 g/mol. The summed E-state index contributed by atoms with van der Waals surface area (Å²) >= 11 is 6.51. The fraction of sp³-hybridized carbons (Fsp3) is 0.227. The number of ketones is 2. The molecule has 3 aromatic rings. The molecule has 0 N–H and O–H groups in total. The van der Waals surface area contributed by atoms with Crippen molar-refractivity contribution in [3.05, 3.63) is 69.9 Å². The fourth-order valence-corrected chi connectivity index (χ4v) is 4.40. The third-order valence-corrected chi connectivity index (χ3v) is 5.79. The first kappa shape index (κ1) is 16.5. The van der Waals surface area contributed by atoms with Crippen LogP contribution in [-0.4, -0.2) is 29.6 Å². The highest BCUT2D eigenvalue weighted by Gasteiger charge is 2.32. The zero-order chi connectivity index (χ0) is 18.5. The van der Waals surface area contributed by atoms with E-state index in [1.807, 2.05) is 12.1 Å². The first-order valence-electron chi connectivity index (χ1n) is 9.22. The summed E-state index contributed by atoms with van der Waals surface area (Å²) in [5.41, 5.74) is 3.06. The Morgan fingerprint density at radius 1 is 0.852 bits per heavy atom. The molecule has 1 aromatic heterocycles. The van der Waals surface area contributed by atoms with Crippen molar-refractivity contribution in [2.24, 2.45) is 0 Å². The second-order valence-electron chi connectivity index (χ2n) is 7.11. The molecule has 2 aliphatic rings. The Labute approximate surface area is 161 Å². The van der Waals surface area contributed by atoms with Crippen molar-refractivity contribution in [3.8, 4) is 0 Å². The molecular formula is C22H17ClN2O2. The molecule has 4 nitrogen and oxygen atoms in total. The van der Waals surface area contributed by atoms with Gasteiger partial charge in [0.25, 0.3) is 0 Å². The number of hydrogen-bond donors (Lipinski definition) is 0. The lowest BCUT2D eigenvalue weighted by Crippen LogP contribution is -2.29. The predicted molar refractivity (Wildman–Crippen MR) is 106 cm³/mol. The number of carbonyl (C=O) groups excluding carboxylic acids is 2. The number of aromatic nitrogens is 1. The Bertz CT molecular complexity index is 1120. The van der Waals surface area contributed by atoms with Gasteiger partial charge in [0.15, 0.2) is 16.7 Å². The lowest BCUT2D eigenvalue weighted by Gasteiger charge is -2.29. The van der Waals surface area contributed by atoms with Crippen LogP contribution in [0.5, 0.6) is 0 Å². The van der Waals surface area contributed by atoms with Crippen LogP contribution in [0, 0.1) is 0 Å². The Hall–Kier alpha value is -2.72. The number of hydrogen-bond acceptors (Lipinski definition) is 4. The molecule has 1 aliphatic carbocycles. The molecular weight excluding hydrogens is 360 g/mol. The average Bonchev–Trinajstić information content (AvgIpc) is 2.71. The van der Waals surface area contributed by atoms with Gasteiger partial charge in [0.05, 0.1) is 16.8 Å². The minimum absolute atomic E-state index is 0.139. The van der Waals surface area contributed by atoms with E-state index in [2.05, 4.69) is 9.88 Å². The smallest absolute Gasteiger partial charge is 0.196 e. The van der Waals surface area contributed by atoms with Crippen LogP contribution in [0.15, 0.2) is 42.5 Å².